The first kappa shape index (κ1) is 16.6. The molecule has 0 saturated carbocycles. The number of rotatable bonds is 3. The normalized spacial score (nSPS) is 19.3. The standard InChI is InChI=1S/C17H34N2/c1-8-9-11-19-12-10-18-15(17(5,6)7)14(13-19)16(2,3)4/h18H,8-13H2,1-7H3. The highest BCUT2D eigenvalue weighted by atomic mass is 15.2. The van der Waals surface area contributed by atoms with Gasteiger partial charge in [0.05, 0.1) is 0 Å². The molecule has 0 saturated heterocycles. The molecule has 0 atom stereocenters. The van der Waals surface area contributed by atoms with Crippen LogP contribution in [0.5, 0.6) is 0 Å². The van der Waals surface area contributed by atoms with Gasteiger partial charge in [0.1, 0.15) is 0 Å². The van der Waals surface area contributed by atoms with Crippen molar-refractivity contribution in [2.75, 3.05) is 26.2 Å². The van der Waals surface area contributed by atoms with Crippen LogP contribution >= 0.6 is 0 Å². The van der Waals surface area contributed by atoms with E-state index < -0.39 is 0 Å². The Balaban J connectivity index is 3.02. The van der Waals surface area contributed by atoms with Crippen LogP contribution in [0.2, 0.25) is 0 Å². The number of nitrogens with zero attached hydrogens (tertiary/aromatic N) is 1. The second-order valence-electron chi connectivity index (χ2n) is 7.91. The van der Waals surface area contributed by atoms with Crippen molar-refractivity contribution in [3.63, 3.8) is 0 Å². The van der Waals surface area contributed by atoms with E-state index in [4.69, 9.17) is 0 Å². The third-order valence-electron chi connectivity index (χ3n) is 3.90. The molecule has 1 N–H and O–H groups in total. The van der Waals surface area contributed by atoms with Gasteiger partial charge in [-0.05, 0) is 24.0 Å². The average molecular weight is 266 g/mol. The molecule has 1 heterocycles. The van der Waals surface area contributed by atoms with Crippen LogP contribution in [0.3, 0.4) is 0 Å². The largest absolute Gasteiger partial charge is 0.387 e. The lowest BCUT2D eigenvalue weighted by molar-refractivity contribution is 0.283. The number of allylic oxidation sites excluding steroid dienone is 1. The summed E-state index contributed by atoms with van der Waals surface area (Å²) in [6, 6.07) is 0. The van der Waals surface area contributed by atoms with Gasteiger partial charge < -0.3 is 5.32 Å². The lowest BCUT2D eigenvalue weighted by Crippen LogP contribution is -2.32. The summed E-state index contributed by atoms with van der Waals surface area (Å²) in [5.74, 6) is 0. The Bertz CT molecular complexity index is 315. The fourth-order valence-corrected chi connectivity index (χ4v) is 2.73. The maximum absolute atomic E-state index is 3.72. The third kappa shape index (κ3) is 4.83. The Morgan fingerprint density at radius 2 is 1.68 bits per heavy atom. The molecule has 0 spiro atoms. The Morgan fingerprint density at radius 3 is 2.16 bits per heavy atom. The van der Waals surface area contributed by atoms with Gasteiger partial charge in [0.15, 0.2) is 0 Å². The van der Waals surface area contributed by atoms with Crippen molar-refractivity contribution in [1.29, 1.82) is 0 Å². The van der Waals surface area contributed by atoms with Crippen LogP contribution < -0.4 is 5.32 Å². The van der Waals surface area contributed by atoms with E-state index in [0.29, 0.717) is 0 Å². The Kier molecular flexibility index (Phi) is 5.49. The molecule has 19 heavy (non-hydrogen) atoms. The summed E-state index contributed by atoms with van der Waals surface area (Å²) < 4.78 is 0. The maximum atomic E-state index is 3.72. The van der Waals surface area contributed by atoms with Crippen molar-refractivity contribution in [2.45, 2.75) is 61.3 Å². The summed E-state index contributed by atoms with van der Waals surface area (Å²) in [6.45, 7) is 20.9. The second-order valence-corrected chi connectivity index (χ2v) is 7.91. The molecule has 0 aromatic rings. The third-order valence-corrected chi connectivity index (χ3v) is 3.90. The predicted octanol–water partition coefficient (Wildman–Crippen LogP) is 4.04. The van der Waals surface area contributed by atoms with Crippen molar-refractivity contribution in [3.8, 4) is 0 Å². The second kappa shape index (κ2) is 6.30. The maximum Gasteiger partial charge on any atom is 0.0272 e. The van der Waals surface area contributed by atoms with E-state index in [9.17, 15) is 0 Å². The highest BCUT2D eigenvalue weighted by Gasteiger charge is 2.30. The Hall–Kier alpha value is -0.500. The summed E-state index contributed by atoms with van der Waals surface area (Å²) in [5, 5.41) is 3.72. The first-order valence-corrected chi connectivity index (χ1v) is 7.86. The zero-order valence-electron chi connectivity index (χ0n) is 14.2. The van der Waals surface area contributed by atoms with Crippen molar-refractivity contribution < 1.29 is 0 Å². The van der Waals surface area contributed by atoms with Gasteiger partial charge in [-0.1, -0.05) is 54.9 Å². The lowest BCUT2D eigenvalue weighted by atomic mass is 9.78. The average Bonchev–Trinajstić information content (AvgIpc) is 2.47. The van der Waals surface area contributed by atoms with E-state index in [1.165, 1.54) is 31.6 Å². The minimum Gasteiger partial charge on any atom is -0.387 e. The van der Waals surface area contributed by atoms with Gasteiger partial charge in [-0.3, -0.25) is 4.90 Å². The molecule has 0 unspecified atom stereocenters. The zero-order valence-corrected chi connectivity index (χ0v) is 14.2. The smallest absolute Gasteiger partial charge is 0.0272 e. The molecular weight excluding hydrogens is 232 g/mol. The van der Waals surface area contributed by atoms with Crippen LogP contribution in [-0.4, -0.2) is 31.1 Å². The van der Waals surface area contributed by atoms with E-state index in [1.807, 2.05) is 0 Å². The fourth-order valence-electron chi connectivity index (χ4n) is 2.73. The molecule has 0 amide bonds. The van der Waals surface area contributed by atoms with Gasteiger partial charge in [0.25, 0.3) is 0 Å². The van der Waals surface area contributed by atoms with Gasteiger partial charge in [0, 0.05) is 30.7 Å². The Morgan fingerprint density at radius 1 is 1.05 bits per heavy atom. The molecule has 0 radical (unpaired) electrons. The summed E-state index contributed by atoms with van der Waals surface area (Å²) in [4.78, 5) is 2.62. The molecule has 112 valence electrons. The van der Waals surface area contributed by atoms with Crippen LogP contribution in [0.4, 0.5) is 0 Å². The van der Waals surface area contributed by atoms with Crippen LogP contribution in [0.15, 0.2) is 11.3 Å². The molecule has 0 fully saturated rings. The van der Waals surface area contributed by atoms with Crippen LogP contribution in [-0.2, 0) is 0 Å². The van der Waals surface area contributed by atoms with Gasteiger partial charge >= 0.3 is 0 Å². The quantitative estimate of drug-likeness (QED) is 0.829. The van der Waals surface area contributed by atoms with Gasteiger partial charge in [-0.2, -0.15) is 0 Å². The first-order valence-electron chi connectivity index (χ1n) is 7.86. The minimum absolute atomic E-state index is 0.212. The zero-order chi connectivity index (χ0) is 14.7. The molecule has 0 aromatic heterocycles. The number of unbranched alkanes of at least 4 members (excludes halogenated alkanes) is 1. The van der Waals surface area contributed by atoms with Gasteiger partial charge in [-0.25, -0.2) is 0 Å². The molecule has 1 aliphatic heterocycles. The molecule has 1 aliphatic rings. The van der Waals surface area contributed by atoms with Crippen molar-refractivity contribution >= 4 is 0 Å². The topological polar surface area (TPSA) is 15.3 Å². The summed E-state index contributed by atoms with van der Waals surface area (Å²) in [7, 11) is 0. The van der Waals surface area contributed by atoms with Crippen molar-refractivity contribution in [1.82, 2.24) is 10.2 Å². The number of nitrogens with one attached hydrogen (secondary N) is 1. The van der Waals surface area contributed by atoms with Crippen LogP contribution in [0.25, 0.3) is 0 Å². The van der Waals surface area contributed by atoms with Crippen LogP contribution in [0.1, 0.15) is 61.3 Å². The molecule has 2 heteroatoms. The minimum atomic E-state index is 0.212. The van der Waals surface area contributed by atoms with E-state index in [1.54, 1.807) is 5.57 Å². The SMILES string of the molecule is CCCCN1CCNC(C(C)(C)C)=C(C(C)(C)C)C1. The summed E-state index contributed by atoms with van der Waals surface area (Å²) >= 11 is 0. The van der Waals surface area contributed by atoms with E-state index >= 15 is 0 Å². The van der Waals surface area contributed by atoms with Gasteiger partial charge in [0.2, 0.25) is 0 Å². The monoisotopic (exact) mass is 266 g/mol. The highest BCUT2D eigenvalue weighted by molar-refractivity contribution is 5.26. The van der Waals surface area contributed by atoms with Crippen LogP contribution in [0, 0.1) is 10.8 Å². The molecule has 1 rings (SSSR count). The number of hydrogen-bond donors (Lipinski definition) is 1. The molecule has 0 aromatic carbocycles. The van der Waals surface area contributed by atoms with E-state index in [-0.39, 0.29) is 10.8 Å². The number of hydrogen-bond acceptors (Lipinski definition) is 2. The first-order chi connectivity index (χ1) is 8.66. The van der Waals surface area contributed by atoms with Crippen molar-refractivity contribution in [3.05, 3.63) is 11.3 Å². The van der Waals surface area contributed by atoms with Crippen molar-refractivity contribution in [2.24, 2.45) is 10.8 Å². The Labute approximate surface area is 120 Å². The van der Waals surface area contributed by atoms with Gasteiger partial charge in [-0.15, -0.1) is 0 Å². The lowest BCUT2D eigenvalue weighted by Gasteiger charge is -2.34. The predicted molar refractivity (Wildman–Crippen MR) is 85.3 cm³/mol. The summed E-state index contributed by atoms with van der Waals surface area (Å²) in [5.41, 5.74) is 3.51. The molecular formula is C17H34N2. The van der Waals surface area contributed by atoms with E-state index in [2.05, 4.69) is 58.7 Å². The molecule has 0 aliphatic carbocycles. The van der Waals surface area contributed by atoms with E-state index in [0.717, 1.165) is 13.1 Å². The molecule has 0 bridgehead atoms. The summed E-state index contributed by atoms with van der Waals surface area (Å²) in [6.07, 6.45) is 2.59. The molecule has 2 nitrogen and oxygen atoms in total. The highest BCUT2D eigenvalue weighted by Crippen LogP contribution is 2.36. The fraction of sp³-hybridized carbons (Fsp3) is 0.882.